The number of anilines is 3. The predicted octanol–water partition coefficient (Wildman–Crippen LogP) is 2.86. The Balaban J connectivity index is 1.79. The fourth-order valence-corrected chi connectivity index (χ4v) is 5.01. The smallest absolute Gasteiger partial charge is 0.257 e. The molecule has 0 aliphatic carbocycles. The lowest BCUT2D eigenvalue weighted by Gasteiger charge is -2.16. The van der Waals surface area contributed by atoms with Gasteiger partial charge in [-0.15, -0.1) is 0 Å². The Bertz CT molecular complexity index is 1100. The fourth-order valence-electron chi connectivity index (χ4n) is 2.94. The molecule has 152 valence electrons. The molecular weight excluding hydrogens is 418 g/mol. The van der Waals surface area contributed by atoms with Gasteiger partial charge in [0.1, 0.15) is 0 Å². The molecule has 2 aromatic rings. The third-order valence-electron chi connectivity index (χ3n) is 4.26. The molecule has 2 aromatic carbocycles. The zero-order valence-corrected chi connectivity index (χ0v) is 17.2. The number of carbonyl (C=O) groups excluding carboxylic acids is 3. The van der Waals surface area contributed by atoms with Gasteiger partial charge in [-0.3, -0.25) is 14.4 Å². The first-order chi connectivity index (χ1) is 13.6. The van der Waals surface area contributed by atoms with Gasteiger partial charge in [0, 0.05) is 18.3 Å². The van der Waals surface area contributed by atoms with E-state index >= 15 is 0 Å². The van der Waals surface area contributed by atoms with Crippen molar-refractivity contribution < 1.29 is 22.8 Å². The molecule has 10 heteroatoms. The summed E-state index contributed by atoms with van der Waals surface area (Å²) in [6.07, 6.45) is 0. The highest BCUT2D eigenvalue weighted by molar-refractivity contribution is 7.94. The highest BCUT2D eigenvalue weighted by atomic mass is 35.5. The van der Waals surface area contributed by atoms with Crippen LogP contribution in [0.25, 0.3) is 0 Å². The molecule has 0 saturated carbocycles. The fraction of sp³-hybridized carbons (Fsp3) is 0.211. The first kappa shape index (κ1) is 20.8. The van der Waals surface area contributed by atoms with Gasteiger partial charge in [0.15, 0.2) is 0 Å². The van der Waals surface area contributed by atoms with Crippen molar-refractivity contribution in [2.24, 2.45) is 5.92 Å². The van der Waals surface area contributed by atoms with Crippen molar-refractivity contribution in [1.29, 1.82) is 0 Å². The van der Waals surface area contributed by atoms with Gasteiger partial charge >= 0.3 is 0 Å². The van der Waals surface area contributed by atoms with Gasteiger partial charge in [0.2, 0.25) is 21.8 Å². The van der Waals surface area contributed by atoms with Crippen LogP contribution in [0, 0.1) is 5.92 Å². The zero-order chi connectivity index (χ0) is 21.3. The molecule has 0 bridgehead atoms. The molecule has 0 radical (unpaired) electrons. The van der Waals surface area contributed by atoms with E-state index in [0.29, 0.717) is 11.4 Å². The van der Waals surface area contributed by atoms with E-state index in [4.69, 9.17) is 11.6 Å². The minimum Gasteiger partial charge on any atom is -0.326 e. The van der Waals surface area contributed by atoms with Gasteiger partial charge < -0.3 is 10.6 Å². The molecule has 1 saturated heterocycles. The van der Waals surface area contributed by atoms with E-state index < -0.39 is 27.8 Å². The summed E-state index contributed by atoms with van der Waals surface area (Å²) >= 11 is 6.19. The molecular formula is C19H18ClN3O5S. The SMILES string of the molecule is CC(=O)Nc1ccc(NC(=O)c2ccc(N3C(=O)[C@@H](C)CS3(=O)=O)cc2Cl)cc1. The maximum Gasteiger partial charge on any atom is 0.257 e. The molecule has 3 amide bonds. The van der Waals surface area contributed by atoms with Crippen LogP contribution in [0.2, 0.25) is 5.02 Å². The Hall–Kier alpha value is -2.91. The maximum absolute atomic E-state index is 12.5. The second-order valence-corrected chi connectivity index (χ2v) is 8.93. The monoisotopic (exact) mass is 435 g/mol. The maximum atomic E-state index is 12.5. The summed E-state index contributed by atoms with van der Waals surface area (Å²) in [6, 6.07) is 10.5. The lowest BCUT2D eigenvalue weighted by Crippen LogP contribution is -2.30. The van der Waals surface area contributed by atoms with Crippen molar-refractivity contribution in [2.45, 2.75) is 13.8 Å². The number of halogens is 1. The van der Waals surface area contributed by atoms with Gasteiger partial charge in [-0.05, 0) is 42.5 Å². The van der Waals surface area contributed by atoms with Crippen molar-refractivity contribution >= 4 is 56.4 Å². The second-order valence-electron chi connectivity index (χ2n) is 6.66. The number of sulfonamides is 1. The van der Waals surface area contributed by atoms with E-state index in [9.17, 15) is 22.8 Å². The molecule has 1 aliphatic rings. The molecule has 8 nitrogen and oxygen atoms in total. The molecule has 1 fully saturated rings. The average Bonchev–Trinajstić information content (AvgIpc) is 2.83. The van der Waals surface area contributed by atoms with Crippen LogP contribution in [0.1, 0.15) is 24.2 Å². The summed E-state index contributed by atoms with van der Waals surface area (Å²) in [6.45, 7) is 2.93. The predicted molar refractivity (Wildman–Crippen MR) is 111 cm³/mol. The van der Waals surface area contributed by atoms with Crippen LogP contribution in [0.4, 0.5) is 17.1 Å². The van der Waals surface area contributed by atoms with Crippen LogP contribution in [-0.4, -0.2) is 31.9 Å². The van der Waals surface area contributed by atoms with E-state index in [1.165, 1.54) is 25.1 Å². The number of rotatable bonds is 4. The molecule has 1 heterocycles. The number of nitrogens with zero attached hydrogens (tertiary/aromatic N) is 1. The van der Waals surface area contributed by atoms with E-state index in [-0.39, 0.29) is 27.9 Å². The van der Waals surface area contributed by atoms with Crippen LogP contribution < -0.4 is 14.9 Å². The standard InChI is InChI=1S/C19H18ClN3O5S/c1-11-10-29(27,28)23(19(11)26)15-7-8-16(17(20)9-15)18(25)22-14-5-3-13(4-6-14)21-12(2)24/h3-9,11H,10H2,1-2H3,(H,21,24)(H,22,25)/t11-/m0/s1. The molecule has 2 N–H and O–H groups in total. The minimum absolute atomic E-state index is 0.0115. The van der Waals surface area contributed by atoms with E-state index in [0.717, 1.165) is 4.31 Å². The van der Waals surface area contributed by atoms with Crippen LogP contribution in [-0.2, 0) is 19.6 Å². The van der Waals surface area contributed by atoms with E-state index in [1.807, 2.05) is 0 Å². The summed E-state index contributed by atoms with van der Waals surface area (Å²) < 4.78 is 25.1. The van der Waals surface area contributed by atoms with Crippen molar-refractivity contribution in [3.63, 3.8) is 0 Å². The van der Waals surface area contributed by atoms with Gasteiger partial charge in [0.05, 0.1) is 27.9 Å². The molecule has 29 heavy (non-hydrogen) atoms. The second kappa shape index (κ2) is 7.84. The molecule has 1 aliphatic heterocycles. The molecule has 1 atom stereocenters. The molecule has 0 aromatic heterocycles. The zero-order valence-electron chi connectivity index (χ0n) is 15.6. The highest BCUT2D eigenvalue weighted by Gasteiger charge is 2.42. The number of nitrogens with one attached hydrogen (secondary N) is 2. The van der Waals surface area contributed by atoms with Crippen LogP contribution in [0.15, 0.2) is 42.5 Å². The summed E-state index contributed by atoms with van der Waals surface area (Å²) in [7, 11) is -3.76. The Morgan fingerprint density at radius 2 is 1.66 bits per heavy atom. The number of hydrogen-bond donors (Lipinski definition) is 2. The minimum atomic E-state index is -3.76. The third-order valence-corrected chi connectivity index (χ3v) is 6.44. The van der Waals surface area contributed by atoms with E-state index in [2.05, 4.69) is 10.6 Å². The summed E-state index contributed by atoms with van der Waals surface area (Å²) in [5.41, 5.74) is 1.29. The van der Waals surface area contributed by atoms with Crippen molar-refractivity contribution in [1.82, 2.24) is 0 Å². The number of amides is 3. The normalized spacial score (nSPS) is 17.8. The largest absolute Gasteiger partial charge is 0.326 e. The number of benzene rings is 2. The first-order valence-corrected chi connectivity index (χ1v) is 10.6. The summed E-state index contributed by atoms with van der Waals surface area (Å²) in [4.78, 5) is 35.7. The quantitative estimate of drug-likeness (QED) is 0.766. The van der Waals surface area contributed by atoms with Crippen LogP contribution in [0.5, 0.6) is 0 Å². The van der Waals surface area contributed by atoms with Crippen LogP contribution >= 0.6 is 11.6 Å². The van der Waals surface area contributed by atoms with Crippen molar-refractivity contribution in [2.75, 3.05) is 20.7 Å². The molecule has 0 spiro atoms. The lowest BCUT2D eigenvalue weighted by atomic mass is 10.1. The Kier molecular flexibility index (Phi) is 5.63. The van der Waals surface area contributed by atoms with Gasteiger partial charge in [-0.2, -0.15) is 0 Å². The highest BCUT2D eigenvalue weighted by Crippen LogP contribution is 2.31. The third kappa shape index (κ3) is 4.41. The lowest BCUT2D eigenvalue weighted by molar-refractivity contribution is -0.119. The summed E-state index contributed by atoms with van der Waals surface area (Å²) in [5.74, 6) is -2.14. The van der Waals surface area contributed by atoms with Gasteiger partial charge in [0.25, 0.3) is 5.91 Å². The van der Waals surface area contributed by atoms with Crippen molar-refractivity contribution in [3.05, 3.63) is 53.1 Å². The Morgan fingerprint density at radius 3 is 2.14 bits per heavy atom. The topological polar surface area (TPSA) is 113 Å². The van der Waals surface area contributed by atoms with Gasteiger partial charge in [-0.25, -0.2) is 12.7 Å². The molecule has 3 rings (SSSR count). The Morgan fingerprint density at radius 1 is 1.07 bits per heavy atom. The molecule has 0 unspecified atom stereocenters. The summed E-state index contributed by atoms with van der Waals surface area (Å²) in [5, 5.41) is 5.30. The van der Waals surface area contributed by atoms with Crippen molar-refractivity contribution in [3.8, 4) is 0 Å². The van der Waals surface area contributed by atoms with Gasteiger partial charge in [-0.1, -0.05) is 18.5 Å². The number of carbonyl (C=O) groups is 3. The van der Waals surface area contributed by atoms with Crippen LogP contribution in [0.3, 0.4) is 0 Å². The first-order valence-electron chi connectivity index (χ1n) is 8.64. The Labute approximate surface area is 172 Å². The van der Waals surface area contributed by atoms with E-state index in [1.54, 1.807) is 31.2 Å². The average molecular weight is 436 g/mol. The number of hydrogen-bond acceptors (Lipinski definition) is 5.